The third-order valence-electron chi connectivity index (χ3n) is 2.94. The van der Waals surface area contributed by atoms with Crippen LogP contribution in [0.3, 0.4) is 0 Å². The minimum atomic E-state index is -1.11. The van der Waals surface area contributed by atoms with Gasteiger partial charge in [-0.1, -0.05) is 13.0 Å². The highest BCUT2D eigenvalue weighted by Crippen LogP contribution is 2.21. The van der Waals surface area contributed by atoms with Crippen molar-refractivity contribution in [2.24, 2.45) is 0 Å². The van der Waals surface area contributed by atoms with E-state index in [-0.39, 0.29) is 5.56 Å². The lowest BCUT2D eigenvalue weighted by Crippen LogP contribution is -2.44. The Morgan fingerprint density at radius 2 is 2.00 bits per heavy atom. The van der Waals surface area contributed by atoms with E-state index in [9.17, 15) is 18.7 Å². The number of halogens is 2. The van der Waals surface area contributed by atoms with Crippen LogP contribution in [-0.2, 0) is 4.79 Å². The zero-order chi connectivity index (χ0) is 14.6. The molecule has 0 aliphatic heterocycles. The topological polar surface area (TPSA) is 69.6 Å². The summed E-state index contributed by atoms with van der Waals surface area (Å²) in [5, 5.41) is 21.6. The van der Waals surface area contributed by atoms with Crippen molar-refractivity contribution < 1.29 is 23.8 Å². The van der Waals surface area contributed by atoms with E-state index in [0.717, 1.165) is 12.1 Å². The minimum absolute atomic E-state index is 0.204. The lowest BCUT2D eigenvalue weighted by molar-refractivity contribution is -0.139. The van der Waals surface area contributed by atoms with Gasteiger partial charge in [-0.25, -0.2) is 8.78 Å². The summed E-state index contributed by atoms with van der Waals surface area (Å²) in [5.74, 6) is -3.08. The number of benzene rings is 1. The van der Waals surface area contributed by atoms with Crippen LogP contribution in [0.5, 0.6) is 0 Å². The van der Waals surface area contributed by atoms with Gasteiger partial charge >= 0.3 is 5.97 Å². The summed E-state index contributed by atoms with van der Waals surface area (Å²) in [7, 11) is 0. The van der Waals surface area contributed by atoms with Crippen molar-refractivity contribution in [3.05, 3.63) is 35.4 Å². The average Bonchev–Trinajstić information content (AvgIpc) is 2.37. The number of aliphatic hydroxyl groups is 1. The Hall–Kier alpha value is -1.53. The molecular weight excluding hydrogens is 256 g/mol. The van der Waals surface area contributed by atoms with Gasteiger partial charge in [-0.2, -0.15) is 0 Å². The first-order valence-corrected chi connectivity index (χ1v) is 5.98. The maximum Gasteiger partial charge on any atom is 0.320 e. The Morgan fingerprint density at radius 1 is 1.37 bits per heavy atom. The maximum absolute atomic E-state index is 13.1. The van der Waals surface area contributed by atoms with Gasteiger partial charge in [0.05, 0.1) is 6.10 Å². The van der Waals surface area contributed by atoms with Gasteiger partial charge in [-0.3, -0.25) is 10.1 Å². The molecule has 3 atom stereocenters. The predicted molar refractivity (Wildman–Crippen MR) is 65.6 cm³/mol. The number of carbonyl (C=O) groups is 1. The van der Waals surface area contributed by atoms with E-state index in [4.69, 9.17) is 5.11 Å². The molecule has 3 N–H and O–H groups in total. The number of nitrogens with one attached hydrogen (secondary N) is 1. The molecule has 1 aromatic carbocycles. The van der Waals surface area contributed by atoms with Crippen molar-refractivity contribution in [1.82, 2.24) is 5.32 Å². The second-order valence-corrected chi connectivity index (χ2v) is 4.36. The molecule has 6 heteroatoms. The molecular formula is C13H17F2NO3. The van der Waals surface area contributed by atoms with Gasteiger partial charge in [0.15, 0.2) is 11.6 Å². The molecule has 0 saturated heterocycles. The second-order valence-electron chi connectivity index (χ2n) is 4.36. The van der Waals surface area contributed by atoms with Crippen LogP contribution < -0.4 is 5.32 Å². The minimum Gasteiger partial charge on any atom is -0.480 e. The van der Waals surface area contributed by atoms with Crippen LogP contribution in [-0.4, -0.2) is 28.3 Å². The molecule has 0 heterocycles. The fourth-order valence-electron chi connectivity index (χ4n) is 1.75. The fraction of sp³-hybridized carbons (Fsp3) is 0.462. The summed E-state index contributed by atoms with van der Waals surface area (Å²) >= 11 is 0. The first-order chi connectivity index (χ1) is 8.86. The SMILES string of the molecule is CCC(NC(C)C(=O)O)C(O)c1ccc(F)c(F)c1. The molecule has 0 aromatic heterocycles. The van der Waals surface area contributed by atoms with Gasteiger partial charge in [-0.05, 0) is 31.0 Å². The van der Waals surface area contributed by atoms with Gasteiger partial charge in [-0.15, -0.1) is 0 Å². The summed E-state index contributed by atoms with van der Waals surface area (Å²) in [6.07, 6.45) is -0.667. The number of aliphatic carboxylic acids is 1. The Morgan fingerprint density at radius 3 is 2.47 bits per heavy atom. The first kappa shape index (κ1) is 15.5. The molecule has 19 heavy (non-hydrogen) atoms. The molecule has 1 rings (SSSR count). The van der Waals surface area contributed by atoms with E-state index in [0.29, 0.717) is 6.42 Å². The van der Waals surface area contributed by atoms with Crippen LogP contribution in [0.25, 0.3) is 0 Å². The number of carboxylic acid groups (broad SMARTS) is 1. The number of hydrogen-bond acceptors (Lipinski definition) is 3. The van der Waals surface area contributed by atoms with E-state index in [1.807, 2.05) is 0 Å². The Labute approximate surface area is 110 Å². The molecule has 0 aliphatic rings. The number of carboxylic acids is 1. The summed E-state index contributed by atoms with van der Waals surface area (Å²) < 4.78 is 25.9. The smallest absolute Gasteiger partial charge is 0.320 e. The molecule has 0 aliphatic carbocycles. The lowest BCUT2D eigenvalue weighted by atomic mass is 9.99. The number of aliphatic hydroxyl groups excluding tert-OH is 1. The van der Waals surface area contributed by atoms with Crippen LogP contribution >= 0.6 is 0 Å². The summed E-state index contributed by atoms with van der Waals surface area (Å²) in [5.41, 5.74) is 0.204. The van der Waals surface area contributed by atoms with Crippen LogP contribution in [0.4, 0.5) is 8.78 Å². The monoisotopic (exact) mass is 273 g/mol. The molecule has 0 radical (unpaired) electrons. The standard InChI is InChI=1S/C13H17F2NO3/c1-3-11(16-7(2)13(18)19)12(17)8-4-5-9(14)10(15)6-8/h4-7,11-12,16-17H,3H2,1-2H3,(H,18,19). The van der Waals surface area contributed by atoms with Crippen LogP contribution in [0.1, 0.15) is 31.9 Å². The van der Waals surface area contributed by atoms with E-state index >= 15 is 0 Å². The number of rotatable bonds is 6. The third kappa shape index (κ3) is 3.97. The largest absolute Gasteiger partial charge is 0.480 e. The van der Waals surface area contributed by atoms with E-state index in [1.54, 1.807) is 6.92 Å². The highest BCUT2D eigenvalue weighted by molar-refractivity contribution is 5.72. The predicted octanol–water partition coefficient (Wildman–Crippen LogP) is 1.84. The molecule has 0 bridgehead atoms. The second kappa shape index (κ2) is 6.58. The lowest BCUT2D eigenvalue weighted by Gasteiger charge is -2.25. The highest BCUT2D eigenvalue weighted by atomic mass is 19.2. The normalized spacial score (nSPS) is 15.8. The molecule has 3 unspecified atom stereocenters. The van der Waals surface area contributed by atoms with Crippen molar-refractivity contribution in [3.63, 3.8) is 0 Å². The Balaban J connectivity index is 2.85. The van der Waals surface area contributed by atoms with Crippen molar-refractivity contribution in [1.29, 1.82) is 0 Å². The van der Waals surface area contributed by atoms with Crippen LogP contribution in [0.15, 0.2) is 18.2 Å². The zero-order valence-electron chi connectivity index (χ0n) is 10.7. The van der Waals surface area contributed by atoms with Gasteiger partial charge in [0.1, 0.15) is 6.04 Å². The summed E-state index contributed by atoms with van der Waals surface area (Å²) in [4.78, 5) is 10.8. The van der Waals surface area contributed by atoms with Crippen LogP contribution in [0, 0.1) is 11.6 Å². The molecule has 0 spiro atoms. The highest BCUT2D eigenvalue weighted by Gasteiger charge is 2.24. The van der Waals surface area contributed by atoms with Crippen LogP contribution in [0.2, 0.25) is 0 Å². The van der Waals surface area contributed by atoms with Crippen molar-refractivity contribution >= 4 is 5.97 Å². The summed E-state index contributed by atoms with van der Waals surface area (Å²) in [6, 6.07) is 1.72. The average molecular weight is 273 g/mol. The molecule has 0 amide bonds. The van der Waals surface area contributed by atoms with E-state index < -0.39 is 35.8 Å². The van der Waals surface area contributed by atoms with E-state index in [1.165, 1.54) is 13.0 Å². The first-order valence-electron chi connectivity index (χ1n) is 5.98. The molecule has 0 saturated carbocycles. The molecule has 106 valence electrons. The van der Waals surface area contributed by atoms with Gasteiger partial charge in [0.25, 0.3) is 0 Å². The quantitative estimate of drug-likeness (QED) is 0.739. The Bertz CT molecular complexity index is 454. The van der Waals surface area contributed by atoms with E-state index in [2.05, 4.69) is 5.32 Å². The molecule has 1 aromatic rings. The Kier molecular flexibility index (Phi) is 5.38. The van der Waals surface area contributed by atoms with Gasteiger partial charge in [0.2, 0.25) is 0 Å². The molecule has 0 fully saturated rings. The van der Waals surface area contributed by atoms with Crippen molar-refractivity contribution in [2.45, 2.75) is 38.5 Å². The number of hydrogen-bond donors (Lipinski definition) is 3. The summed E-state index contributed by atoms with van der Waals surface area (Å²) in [6.45, 7) is 3.21. The van der Waals surface area contributed by atoms with Crippen molar-refractivity contribution in [3.8, 4) is 0 Å². The van der Waals surface area contributed by atoms with Gasteiger partial charge < -0.3 is 10.2 Å². The van der Waals surface area contributed by atoms with Crippen molar-refractivity contribution in [2.75, 3.05) is 0 Å². The maximum atomic E-state index is 13.1. The third-order valence-corrected chi connectivity index (χ3v) is 2.94. The zero-order valence-corrected chi connectivity index (χ0v) is 10.7. The van der Waals surface area contributed by atoms with Gasteiger partial charge in [0, 0.05) is 6.04 Å². The molecule has 4 nitrogen and oxygen atoms in total. The fourth-order valence-corrected chi connectivity index (χ4v) is 1.75.